The van der Waals surface area contributed by atoms with E-state index in [2.05, 4.69) is 23.4 Å². The molecule has 1 aliphatic heterocycles. The molecular weight excluding hydrogens is 240 g/mol. The summed E-state index contributed by atoms with van der Waals surface area (Å²) in [7, 11) is 2.07. The molecule has 0 aromatic heterocycles. The highest BCUT2D eigenvalue weighted by Crippen LogP contribution is 2.09. The van der Waals surface area contributed by atoms with Crippen LogP contribution >= 0.6 is 0 Å². The normalized spacial score (nSPS) is 16.8. The van der Waals surface area contributed by atoms with Crippen LogP contribution in [0.3, 0.4) is 0 Å². The first-order chi connectivity index (χ1) is 9.20. The fourth-order valence-corrected chi connectivity index (χ4v) is 2.10. The van der Waals surface area contributed by atoms with Crippen LogP contribution in [0.1, 0.15) is 15.9 Å². The van der Waals surface area contributed by atoms with Crippen molar-refractivity contribution in [3.8, 4) is 6.07 Å². The molecule has 5 heteroatoms. The monoisotopic (exact) mass is 258 g/mol. The summed E-state index contributed by atoms with van der Waals surface area (Å²) in [5, 5.41) is 10.7. The molecule has 1 N–H and O–H groups in total. The Balaban J connectivity index is 2.02. The highest BCUT2D eigenvalue weighted by atomic mass is 16.2. The van der Waals surface area contributed by atoms with Crippen LogP contribution in [0.15, 0.2) is 24.3 Å². The summed E-state index contributed by atoms with van der Waals surface area (Å²) in [4.78, 5) is 14.4. The molecular formula is C14H18N4O. The predicted octanol–water partition coefficient (Wildman–Crippen LogP) is 0.645. The Morgan fingerprint density at radius 1 is 1.32 bits per heavy atom. The van der Waals surface area contributed by atoms with Gasteiger partial charge in [0, 0.05) is 31.7 Å². The topological polar surface area (TPSA) is 59.4 Å². The largest absolute Gasteiger partial charge is 0.304 e. The van der Waals surface area contributed by atoms with Crippen LogP contribution in [0.4, 0.5) is 0 Å². The Labute approximate surface area is 113 Å². The summed E-state index contributed by atoms with van der Waals surface area (Å²) in [6, 6.07) is 9.34. The van der Waals surface area contributed by atoms with Gasteiger partial charge in [-0.25, -0.2) is 5.01 Å². The van der Waals surface area contributed by atoms with Crippen LogP contribution in [0.2, 0.25) is 0 Å². The highest BCUT2D eigenvalue weighted by molar-refractivity contribution is 5.95. The first-order valence-corrected chi connectivity index (χ1v) is 6.40. The second-order valence-electron chi connectivity index (χ2n) is 4.72. The van der Waals surface area contributed by atoms with Gasteiger partial charge in [-0.2, -0.15) is 5.26 Å². The van der Waals surface area contributed by atoms with Crippen LogP contribution in [0, 0.1) is 11.3 Å². The predicted molar refractivity (Wildman–Crippen MR) is 72.3 cm³/mol. The molecule has 1 heterocycles. The molecule has 1 aromatic rings. The van der Waals surface area contributed by atoms with Gasteiger partial charge in [-0.1, -0.05) is 18.2 Å². The fraction of sp³-hybridized carbons (Fsp3) is 0.429. The van der Waals surface area contributed by atoms with E-state index in [1.807, 2.05) is 23.2 Å². The van der Waals surface area contributed by atoms with Crippen molar-refractivity contribution in [1.82, 2.24) is 15.3 Å². The molecule has 0 radical (unpaired) electrons. The third-order valence-electron chi connectivity index (χ3n) is 3.29. The van der Waals surface area contributed by atoms with Gasteiger partial charge in [0.15, 0.2) is 0 Å². The Morgan fingerprint density at radius 2 is 2.00 bits per heavy atom. The van der Waals surface area contributed by atoms with Crippen molar-refractivity contribution in [2.75, 3.05) is 33.2 Å². The molecule has 5 nitrogen and oxygen atoms in total. The zero-order valence-corrected chi connectivity index (χ0v) is 11.1. The number of hydrogen-bond donors (Lipinski definition) is 1. The van der Waals surface area contributed by atoms with Gasteiger partial charge in [0.25, 0.3) is 5.91 Å². The minimum absolute atomic E-state index is 0.129. The van der Waals surface area contributed by atoms with Gasteiger partial charge in [0.2, 0.25) is 0 Å². The minimum atomic E-state index is -0.129. The molecule has 1 amide bonds. The number of rotatable bonds is 3. The van der Waals surface area contributed by atoms with E-state index in [1.165, 1.54) is 0 Å². The Hall–Kier alpha value is -1.90. The Kier molecular flexibility index (Phi) is 4.50. The van der Waals surface area contributed by atoms with E-state index in [1.54, 1.807) is 6.07 Å². The van der Waals surface area contributed by atoms with E-state index < -0.39 is 0 Å². The molecule has 0 spiro atoms. The van der Waals surface area contributed by atoms with Crippen molar-refractivity contribution in [2.24, 2.45) is 0 Å². The van der Waals surface area contributed by atoms with E-state index in [-0.39, 0.29) is 12.3 Å². The van der Waals surface area contributed by atoms with E-state index in [0.29, 0.717) is 5.56 Å². The second kappa shape index (κ2) is 6.32. The van der Waals surface area contributed by atoms with Gasteiger partial charge in [0.1, 0.15) is 0 Å². The number of carbonyl (C=O) groups excluding carboxylic acids is 1. The van der Waals surface area contributed by atoms with Crippen LogP contribution in [-0.2, 0) is 6.42 Å². The average Bonchev–Trinajstić information content (AvgIpc) is 2.42. The van der Waals surface area contributed by atoms with Crippen molar-refractivity contribution in [3.63, 3.8) is 0 Å². The Morgan fingerprint density at radius 3 is 2.68 bits per heavy atom. The third kappa shape index (κ3) is 3.53. The zero-order valence-electron chi connectivity index (χ0n) is 11.1. The number of amides is 1. The van der Waals surface area contributed by atoms with Crippen molar-refractivity contribution in [2.45, 2.75) is 6.42 Å². The second-order valence-corrected chi connectivity index (χ2v) is 4.72. The van der Waals surface area contributed by atoms with Gasteiger partial charge in [-0.05, 0) is 18.7 Å². The van der Waals surface area contributed by atoms with E-state index >= 15 is 0 Å². The van der Waals surface area contributed by atoms with Crippen LogP contribution in [0.25, 0.3) is 0 Å². The summed E-state index contributed by atoms with van der Waals surface area (Å²) in [6.45, 7) is 3.53. The van der Waals surface area contributed by atoms with Gasteiger partial charge < -0.3 is 4.90 Å². The van der Waals surface area contributed by atoms with Gasteiger partial charge in [-0.15, -0.1) is 0 Å². The molecule has 0 aliphatic carbocycles. The number of piperazine rings is 1. The van der Waals surface area contributed by atoms with E-state index in [0.717, 1.165) is 31.7 Å². The number of benzene rings is 1. The molecule has 19 heavy (non-hydrogen) atoms. The molecule has 1 aromatic carbocycles. The molecule has 0 unspecified atom stereocenters. The third-order valence-corrected chi connectivity index (χ3v) is 3.29. The highest BCUT2D eigenvalue weighted by Gasteiger charge is 2.17. The zero-order chi connectivity index (χ0) is 13.7. The Bertz CT molecular complexity index is 486. The van der Waals surface area contributed by atoms with Crippen LogP contribution in [0.5, 0.6) is 0 Å². The van der Waals surface area contributed by atoms with Crippen LogP contribution in [-0.4, -0.2) is 49.0 Å². The maximum absolute atomic E-state index is 12.2. The summed E-state index contributed by atoms with van der Waals surface area (Å²) in [5.41, 5.74) is 4.27. The minimum Gasteiger partial charge on any atom is -0.304 e. The number of nitrogens with zero attached hydrogens (tertiary/aromatic N) is 3. The fourth-order valence-electron chi connectivity index (χ4n) is 2.10. The summed E-state index contributed by atoms with van der Waals surface area (Å²) in [5.74, 6) is -0.129. The summed E-state index contributed by atoms with van der Waals surface area (Å²) in [6.07, 6.45) is 0.256. The first kappa shape index (κ1) is 13.5. The van der Waals surface area contributed by atoms with Crippen molar-refractivity contribution < 1.29 is 4.79 Å². The standard InChI is InChI=1S/C14H18N4O/c1-17-8-10-18(11-9-17)16-14(19)13-5-3-2-4-12(13)6-7-15/h2-5H,6,8-11H2,1H3,(H,16,19). The SMILES string of the molecule is CN1CCN(NC(=O)c2ccccc2CC#N)CC1. The van der Waals surface area contributed by atoms with E-state index in [4.69, 9.17) is 5.26 Å². The maximum Gasteiger partial charge on any atom is 0.265 e. The smallest absolute Gasteiger partial charge is 0.265 e. The molecule has 0 saturated carbocycles. The summed E-state index contributed by atoms with van der Waals surface area (Å²) < 4.78 is 0. The quantitative estimate of drug-likeness (QED) is 0.864. The lowest BCUT2D eigenvalue weighted by Crippen LogP contribution is -2.52. The maximum atomic E-state index is 12.2. The lowest BCUT2D eigenvalue weighted by molar-refractivity contribution is 0.0662. The number of hydrazine groups is 1. The molecule has 1 aliphatic rings. The lowest BCUT2D eigenvalue weighted by Gasteiger charge is -2.32. The first-order valence-electron chi connectivity index (χ1n) is 6.40. The molecule has 0 bridgehead atoms. The van der Waals surface area contributed by atoms with Crippen LogP contribution < -0.4 is 5.43 Å². The number of nitriles is 1. The van der Waals surface area contributed by atoms with Gasteiger partial charge in [0.05, 0.1) is 12.5 Å². The summed E-state index contributed by atoms with van der Waals surface area (Å²) >= 11 is 0. The molecule has 0 atom stereocenters. The molecule has 1 fully saturated rings. The van der Waals surface area contributed by atoms with E-state index in [9.17, 15) is 4.79 Å². The number of hydrogen-bond acceptors (Lipinski definition) is 4. The van der Waals surface area contributed by atoms with Crippen molar-refractivity contribution in [1.29, 1.82) is 5.26 Å². The molecule has 100 valence electrons. The number of nitrogens with one attached hydrogen (secondary N) is 1. The average molecular weight is 258 g/mol. The van der Waals surface area contributed by atoms with Gasteiger partial charge >= 0.3 is 0 Å². The molecule has 2 rings (SSSR count). The van der Waals surface area contributed by atoms with Crippen molar-refractivity contribution >= 4 is 5.91 Å². The number of likely N-dealkylation sites (N-methyl/N-ethyl adjacent to an activating group) is 1. The lowest BCUT2D eigenvalue weighted by atomic mass is 10.0. The number of carbonyl (C=O) groups is 1. The van der Waals surface area contributed by atoms with Crippen molar-refractivity contribution in [3.05, 3.63) is 35.4 Å². The molecule has 1 saturated heterocycles. The van der Waals surface area contributed by atoms with Gasteiger partial charge in [-0.3, -0.25) is 10.2 Å².